The first-order valence-electron chi connectivity index (χ1n) is 7.78. The van der Waals surface area contributed by atoms with Gasteiger partial charge in [0.15, 0.2) is 5.78 Å². The highest BCUT2D eigenvalue weighted by atomic mass is 35.5. The van der Waals surface area contributed by atoms with Crippen LogP contribution < -0.4 is 0 Å². The number of rotatable bonds is 3. The van der Waals surface area contributed by atoms with Crippen molar-refractivity contribution in [2.75, 3.05) is 13.1 Å². The number of likely N-dealkylation sites (tertiary alicyclic amines) is 1. The first-order chi connectivity index (χ1) is 9.74. The zero-order valence-corrected chi connectivity index (χ0v) is 12.6. The Morgan fingerprint density at radius 3 is 2.70 bits per heavy atom. The van der Waals surface area contributed by atoms with E-state index in [9.17, 15) is 4.79 Å². The summed E-state index contributed by atoms with van der Waals surface area (Å²) in [7, 11) is 0. The van der Waals surface area contributed by atoms with Gasteiger partial charge >= 0.3 is 0 Å². The number of hydrogen-bond acceptors (Lipinski definition) is 2. The number of nitrogens with zero attached hydrogens (tertiary/aromatic N) is 1. The molecule has 1 aliphatic carbocycles. The molecule has 1 aromatic carbocycles. The molecule has 108 valence electrons. The molecule has 0 spiro atoms. The van der Waals surface area contributed by atoms with E-state index in [-0.39, 0.29) is 11.7 Å². The van der Waals surface area contributed by atoms with E-state index in [1.54, 1.807) is 6.07 Å². The maximum atomic E-state index is 12.6. The molecule has 0 unspecified atom stereocenters. The van der Waals surface area contributed by atoms with E-state index in [0.717, 1.165) is 31.0 Å². The van der Waals surface area contributed by atoms with Crippen molar-refractivity contribution in [3.05, 3.63) is 34.9 Å². The number of piperidine rings is 1. The van der Waals surface area contributed by atoms with Crippen LogP contribution in [0, 0.1) is 5.92 Å². The summed E-state index contributed by atoms with van der Waals surface area (Å²) in [5, 5.41) is 0.652. The summed E-state index contributed by atoms with van der Waals surface area (Å²) in [6, 6.07) is 8.11. The highest BCUT2D eigenvalue weighted by molar-refractivity contribution is 6.31. The molecule has 1 atom stereocenters. The molecule has 1 aromatic rings. The largest absolute Gasteiger partial charge is 0.300 e. The minimum absolute atomic E-state index is 0.155. The molecule has 2 nitrogen and oxygen atoms in total. The van der Waals surface area contributed by atoms with Crippen molar-refractivity contribution in [3.8, 4) is 0 Å². The molecular weight excluding hydrogens is 270 g/mol. The van der Waals surface area contributed by atoms with Crippen molar-refractivity contribution in [3.63, 3.8) is 0 Å². The molecule has 1 saturated heterocycles. The molecule has 0 aromatic heterocycles. The van der Waals surface area contributed by atoms with Gasteiger partial charge in [0.25, 0.3) is 0 Å². The summed E-state index contributed by atoms with van der Waals surface area (Å²) in [5.41, 5.74) is 0.774. The van der Waals surface area contributed by atoms with Gasteiger partial charge in [-0.05, 0) is 44.4 Å². The normalized spacial score (nSPS) is 24.9. The summed E-state index contributed by atoms with van der Waals surface area (Å²) in [6.45, 7) is 2.11. The highest BCUT2D eigenvalue weighted by Gasteiger charge is 2.31. The van der Waals surface area contributed by atoms with Crippen LogP contribution in [0.5, 0.6) is 0 Å². The van der Waals surface area contributed by atoms with Crippen LogP contribution in [0.4, 0.5) is 0 Å². The third-order valence-electron chi connectivity index (χ3n) is 4.77. The molecule has 3 heteroatoms. The van der Waals surface area contributed by atoms with Crippen LogP contribution in [-0.2, 0) is 0 Å². The third-order valence-corrected chi connectivity index (χ3v) is 5.01. The van der Waals surface area contributed by atoms with Crippen molar-refractivity contribution < 1.29 is 4.79 Å². The lowest BCUT2D eigenvalue weighted by molar-refractivity contribution is 0.0757. The summed E-state index contributed by atoms with van der Waals surface area (Å²) in [4.78, 5) is 15.2. The second kappa shape index (κ2) is 6.28. The van der Waals surface area contributed by atoms with Gasteiger partial charge < -0.3 is 0 Å². The number of Topliss-reactive ketones (excluding diaryl/α,β-unsaturated/α-hetero) is 1. The van der Waals surface area contributed by atoms with E-state index in [0.29, 0.717) is 5.02 Å². The molecule has 20 heavy (non-hydrogen) atoms. The fourth-order valence-corrected chi connectivity index (χ4v) is 3.89. The van der Waals surface area contributed by atoms with Crippen molar-refractivity contribution in [2.24, 2.45) is 5.92 Å². The van der Waals surface area contributed by atoms with Crippen LogP contribution in [0.1, 0.15) is 48.9 Å². The monoisotopic (exact) mass is 291 g/mol. The van der Waals surface area contributed by atoms with E-state index in [2.05, 4.69) is 4.90 Å². The summed E-state index contributed by atoms with van der Waals surface area (Å²) in [6.07, 6.45) is 7.51. The lowest BCUT2D eigenvalue weighted by Crippen LogP contribution is -2.43. The molecule has 1 heterocycles. The zero-order chi connectivity index (χ0) is 13.9. The zero-order valence-electron chi connectivity index (χ0n) is 11.9. The van der Waals surface area contributed by atoms with E-state index in [1.807, 2.05) is 18.2 Å². The quantitative estimate of drug-likeness (QED) is 0.779. The topological polar surface area (TPSA) is 20.3 Å². The van der Waals surface area contributed by atoms with Crippen molar-refractivity contribution in [1.82, 2.24) is 4.90 Å². The molecule has 2 aliphatic rings. The van der Waals surface area contributed by atoms with Crippen LogP contribution in [0.3, 0.4) is 0 Å². The van der Waals surface area contributed by atoms with E-state index in [1.165, 1.54) is 32.2 Å². The Bertz CT molecular complexity index is 482. The number of carbonyl (C=O) groups excluding carboxylic acids is 1. The van der Waals surface area contributed by atoms with Gasteiger partial charge in [0.05, 0.1) is 0 Å². The minimum Gasteiger partial charge on any atom is -0.300 e. The standard InChI is InChI=1S/C17H22ClNO/c18-15-7-3-5-13(11-15)17(20)14-6-4-10-19(12-14)16-8-1-2-9-16/h3,5,7,11,14,16H,1-2,4,6,8-10,12H2/t14-/m1/s1. The van der Waals surface area contributed by atoms with E-state index in [4.69, 9.17) is 11.6 Å². The number of halogens is 1. The molecule has 0 radical (unpaired) electrons. The summed E-state index contributed by atoms with van der Waals surface area (Å²) < 4.78 is 0. The minimum atomic E-state index is 0.155. The van der Waals surface area contributed by atoms with Crippen LogP contribution in [-0.4, -0.2) is 29.8 Å². The van der Waals surface area contributed by atoms with E-state index < -0.39 is 0 Å². The Labute approximate surface area is 126 Å². The second-order valence-electron chi connectivity index (χ2n) is 6.15. The Morgan fingerprint density at radius 1 is 1.15 bits per heavy atom. The van der Waals surface area contributed by atoms with Crippen LogP contribution in [0.25, 0.3) is 0 Å². The number of benzene rings is 1. The summed E-state index contributed by atoms with van der Waals surface area (Å²) in [5.74, 6) is 0.429. The van der Waals surface area contributed by atoms with Crippen molar-refractivity contribution in [1.29, 1.82) is 0 Å². The number of carbonyl (C=O) groups is 1. The molecule has 2 fully saturated rings. The predicted molar refractivity (Wildman–Crippen MR) is 82.3 cm³/mol. The lowest BCUT2D eigenvalue weighted by atomic mass is 9.89. The van der Waals surface area contributed by atoms with Crippen LogP contribution in [0.2, 0.25) is 5.02 Å². The van der Waals surface area contributed by atoms with E-state index >= 15 is 0 Å². The fraction of sp³-hybridized carbons (Fsp3) is 0.588. The molecule has 0 amide bonds. The predicted octanol–water partition coefficient (Wildman–Crippen LogP) is 4.18. The third kappa shape index (κ3) is 3.07. The number of ketones is 1. The van der Waals surface area contributed by atoms with Crippen LogP contribution >= 0.6 is 11.6 Å². The molecular formula is C17H22ClNO. The van der Waals surface area contributed by atoms with Gasteiger partial charge in [0.1, 0.15) is 0 Å². The molecule has 1 aliphatic heterocycles. The Morgan fingerprint density at radius 2 is 1.95 bits per heavy atom. The van der Waals surface area contributed by atoms with Gasteiger partial charge in [-0.25, -0.2) is 0 Å². The molecule has 0 N–H and O–H groups in total. The molecule has 1 saturated carbocycles. The Hall–Kier alpha value is -0.860. The highest BCUT2D eigenvalue weighted by Crippen LogP contribution is 2.29. The van der Waals surface area contributed by atoms with Gasteiger partial charge in [-0.2, -0.15) is 0 Å². The van der Waals surface area contributed by atoms with Gasteiger partial charge in [0.2, 0.25) is 0 Å². The SMILES string of the molecule is O=C(c1cccc(Cl)c1)[C@@H]1CCCN(C2CCCC2)C1. The first kappa shape index (κ1) is 14.1. The number of hydrogen-bond donors (Lipinski definition) is 0. The maximum absolute atomic E-state index is 12.6. The molecule has 3 rings (SSSR count). The van der Waals surface area contributed by atoms with Gasteiger partial charge in [-0.1, -0.05) is 36.6 Å². The first-order valence-corrected chi connectivity index (χ1v) is 8.15. The maximum Gasteiger partial charge on any atom is 0.167 e. The van der Waals surface area contributed by atoms with Gasteiger partial charge in [0, 0.05) is 29.1 Å². The Kier molecular flexibility index (Phi) is 4.42. The lowest BCUT2D eigenvalue weighted by Gasteiger charge is -2.36. The second-order valence-corrected chi connectivity index (χ2v) is 6.58. The fourth-order valence-electron chi connectivity index (χ4n) is 3.70. The average molecular weight is 292 g/mol. The average Bonchev–Trinajstić information content (AvgIpc) is 3.01. The van der Waals surface area contributed by atoms with Crippen molar-refractivity contribution >= 4 is 17.4 Å². The molecule has 0 bridgehead atoms. The van der Waals surface area contributed by atoms with Gasteiger partial charge in [-0.15, -0.1) is 0 Å². The Balaban J connectivity index is 1.68. The summed E-state index contributed by atoms with van der Waals surface area (Å²) >= 11 is 6.00. The smallest absolute Gasteiger partial charge is 0.167 e. The van der Waals surface area contributed by atoms with Gasteiger partial charge in [-0.3, -0.25) is 9.69 Å². The van der Waals surface area contributed by atoms with Crippen LogP contribution in [0.15, 0.2) is 24.3 Å². The van der Waals surface area contributed by atoms with Crippen molar-refractivity contribution in [2.45, 2.75) is 44.6 Å².